The zero-order chi connectivity index (χ0) is 17.6. The van der Waals surface area contributed by atoms with E-state index in [2.05, 4.69) is 10.3 Å². The summed E-state index contributed by atoms with van der Waals surface area (Å²) in [6, 6.07) is 12.0. The van der Waals surface area contributed by atoms with Crippen molar-refractivity contribution in [2.24, 2.45) is 5.92 Å². The second-order valence-corrected chi connectivity index (χ2v) is 6.56. The number of nitrogens with zero attached hydrogens (tertiary/aromatic N) is 2. The van der Waals surface area contributed by atoms with E-state index in [9.17, 15) is 9.59 Å². The zero-order valence-corrected chi connectivity index (χ0v) is 14.4. The standard InChI is InChI=1S/C20H23N3O2/c1-15-4-6-17(7-5-15)13-23-14-18(11-19(23)24)20(25)22-10-8-16-3-2-9-21-12-16/h2-7,9,12,18H,8,10-11,13-14H2,1H3,(H,22,25). The van der Waals surface area contributed by atoms with Crippen molar-refractivity contribution in [3.8, 4) is 0 Å². The van der Waals surface area contributed by atoms with E-state index in [4.69, 9.17) is 0 Å². The van der Waals surface area contributed by atoms with Crippen molar-refractivity contribution < 1.29 is 9.59 Å². The van der Waals surface area contributed by atoms with Crippen LogP contribution in [0.2, 0.25) is 0 Å². The SMILES string of the molecule is Cc1ccc(CN2CC(C(=O)NCCc3cccnc3)CC2=O)cc1. The van der Waals surface area contributed by atoms with Crippen molar-refractivity contribution in [1.29, 1.82) is 0 Å². The van der Waals surface area contributed by atoms with E-state index in [1.165, 1.54) is 5.56 Å². The fourth-order valence-corrected chi connectivity index (χ4v) is 3.03. The number of benzene rings is 1. The maximum absolute atomic E-state index is 12.3. The predicted octanol–water partition coefficient (Wildman–Crippen LogP) is 2.10. The third-order valence-electron chi connectivity index (χ3n) is 4.52. The minimum absolute atomic E-state index is 0.0383. The molecule has 0 aliphatic carbocycles. The van der Waals surface area contributed by atoms with Crippen LogP contribution >= 0.6 is 0 Å². The molecule has 1 atom stereocenters. The van der Waals surface area contributed by atoms with Gasteiger partial charge in [0.05, 0.1) is 5.92 Å². The number of likely N-dealkylation sites (tertiary alicyclic amines) is 1. The highest BCUT2D eigenvalue weighted by Gasteiger charge is 2.33. The molecule has 0 bridgehead atoms. The van der Waals surface area contributed by atoms with Gasteiger partial charge in [-0.15, -0.1) is 0 Å². The van der Waals surface area contributed by atoms with Crippen LogP contribution in [0.15, 0.2) is 48.8 Å². The van der Waals surface area contributed by atoms with Crippen molar-refractivity contribution >= 4 is 11.8 Å². The molecule has 1 unspecified atom stereocenters. The van der Waals surface area contributed by atoms with Gasteiger partial charge in [0.15, 0.2) is 0 Å². The van der Waals surface area contributed by atoms with Crippen molar-refractivity contribution in [2.75, 3.05) is 13.1 Å². The number of rotatable bonds is 6. The van der Waals surface area contributed by atoms with Crippen LogP contribution in [0.5, 0.6) is 0 Å². The Bertz CT molecular complexity index is 728. The molecule has 5 nitrogen and oxygen atoms in total. The smallest absolute Gasteiger partial charge is 0.225 e. The fourth-order valence-electron chi connectivity index (χ4n) is 3.03. The molecule has 1 fully saturated rings. The van der Waals surface area contributed by atoms with Crippen molar-refractivity contribution in [3.63, 3.8) is 0 Å². The second kappa shape index (κ2) is 7.92. The average molecular weight is 337 g/mol. The molecule has 130 valence electrons. The summed E-state index contributed by atoms with van der Waals surface area (Å²) in [6.07, 6.45) is 4.57. The summed E-state index contributed by atoms with van der Waals surface area (Å²) in [7, 11) is 0. The van der Waals surface area contributed by atoms with Crippen LogP contribution in [0.3, 0.4) is 0 Å². The Labute approximate surface area is 148 Å². The van der Waals surface area contributed by atoms with Gasteiger partial charge in [-0.1, -0.05) is 35.9 Å². The van der Waals surface area contributed by atoms with E-state index in [1.54, 1.807) is 17.3 Å². The first kappa shape index (κ1) is 17.1. The number of carbonyl (C=O) groups is 2. The van der Waals surface area contributed by atoms with Crippen molar-refractivity contribution in [1.82, 2.24) is 15.2 Å². The third kappa shape index (κ3) is 4.66. The molecule has 5 heteroatoms. The maximum Gasteiger partial charge on any atom is 0.225 e. The lowest BCUT2D eigenvalue weighted by molar-refractivity contribution is -0.129. The normalized spacial score (nSPS) is 16.9. The van der Waals surface area contributed by atoms with Crippen LogP contribution in [0.1, 0.15) is 23.1 Å². The highest BCUT2D eigenvalue weighted by molar-refractivity contribution is 5.89. The molecule has 25 heavy (non-hydrogen) atoms. The third-order valence-corrected chi connectivity index (χ3v) is 4.52. The average Bonchev–Trinajstić information content (AvgIpc) is 2.99. The molecule has 2 amide bonds. The number of nitrogens with one attached hydrogen (secondary N) is 1. The molecule has 1 aliphatic rings. The Morgan fingerprint density at radius 1 is 1.24 bits per heavy atom. The molecule has 1 aromatic carbocycles. The minimum Gasteiger partial charge on any atom is -0.355 e. The summed E-state index contributed by atoms with van der Waals surface area (Å²) in [4.78, 5) is 30.3. The first-order valence-corrected chi connectivity index (χ1v) is 8.62. The number of amides is 2. The quantitative estimate of drug-likeness (QED) is 0.878. The number of hydrogen-bond acceptors (Lipinski definition) is 3. The van der Waals surface area contributed by atoms with Gasteiger partial charge in [0, 0.05) is 38.4 Å². The van der Waals surface area contributed by atoms with Gasteiger partial charge in [0.25, 0.3) is 0 Å². The van der Waals surface area contributed by atoms with E-state index in [-0.39, 0.29) is 17.7 Å². The monoisotopic (exact) mass is 337 g/mol. The number of aryl methyl sites for hydroxylation is 1. The lowest BCUT2D eigenvalue weighted by atomic mass is 10.1. The number of aromatic nitrogens is 1. The molecule has 0 radical (unpaired) electrons. The first-order chi connectivity index (χ1) is 12.1. The zero-order valence-electron chi connectivity index (χ0n) is 14.4. The van der Waals surface area contributed by atoms with Crippen LogP contribution in [-0.4, -0.2) is 34.8 Å². The molecule has 3 rings (SSSR count). The van der Waals surface area contributed by atoms with Gasteiger partial charge in [-0.05, 0) is 30.5 Å². The van der Waals surface area contributed by atoms with Crippen LogP contribution in [-0.2, 0) is 22.6 Å². The molecule has 1 saturated heterocycles. The molecule has 1 aromatic heterocycles. The van der Waals surface area contributed by atoms with E-state index in [1.807, 2.05) is 43.3 Å². The largest absolute Gasteiger partial charge is 0.355 e. The number of hydrogen-bond donors (Lipinski definition) is 1. The van der Waals surface area contributed by atoms with Gasteiger partial charge >= 0.3 is 0 Å². The summed E-state index contributed by atoms with van der Waals surface area (Å²) in [6.45, 7) is 3.66. The van der Waals surface area contributed by atoms with Crippen LogP contribution in [0.25, 0.3) is 0 Å². The molecule has 1 aliphatic heterocycles. The Hall–Kier alpha value is -2.69. The molecule has 0 saturated carbocycles. The van der Waals surface area contributed by atoms with Crippen LogP contribution in [0, 0.1) is 12.8 Å². The second-order valence-electron chi connectivity index (χ2n) is 6.56. The minimum atomic E-state index is -0.258. The summed E-state index contributed by atoms with van der Waals surface area (Å²) >= 11 is 0. The molecule has 1 N–H and O–H groups in total. The van der Waals surface area contributed by atoms with Crippen LogP contribution < -0.4 is 5.32 Å². The Morgan fingerprint density at radius 2 is 2.04 bits per heavy atom. The van der Waals surface area contributed by atoms with Gasteiger partial charge in [-0.3, -0.25) is 14.6 Å². The lowest BCUT2D eigenvalue weighted by Crippen LogP contribution is -2.34. The topological polar surface area (TPSA) is 62.3 Å². The molecular formula is C20H23N3O2. The summed E-state index contributed by atoms with van der Waals surface area (Å²) in [5.41, 5.74) is 3.38. The van der Waals surface area contributed by atoms with Crippen molar-refractivity contribution in [2.45, 2.75) is 26.3 Å². The Kier molecular flexibility index (Phi) is 5.43. The van der Waals surface area contributed by atoms with Gasteiger partial charge in [-0.25, -0.2) is 0 Å². The van der Waals surface area contributed by atoms with E-state index in [0.717, 1.165) is 17.5 Å². The molecule has 0 spiro atoms. The van der Waals surface area contributed by atoms with Gasteiger partial charge in [0.1, 0.15) is 0 Å². The summed E-state index contributed by atoms with van der Waals surface area (Å²) < 4.78 is 0. The maximum atomic E-state index is 12.3. The number of carbonyl (C=O) groups excluding carboxylic acids is 2. The Balaban J connectivity index is 1.47. The molecule has 2 heterocycles. The number of pyridine rings is 1. The molecular weight excluding hydrogens is 314 g/mol. The van der Waals surface area contributed by atoms with Crippen molar-refractivity contribution in [3.05, 3.63) is 65.5 Å². The van der Waals surface area contributed by atoms with E-state index >= 15 is 0 Å². The highest BCUT2D eigenvalue weighted by Crippen LogP contribution is 2.20. The Morgan fingerprint density at radius 3 is 2.76 bits per heavy atom. The highest BCUT2D eigenvalue weighted by atomic mass is 16.2. The van der Waals surface area contributed by atoms with Crippen LogP contribution in [0.4, 0.5) is 0 Å². The van der Waals surface area contributed by atoms with E-state index < -0.39 is 0 Å². The van der Waals surface area contributed by atoms with E-state index in [0.29, 0.717) is 26.1 Å². The molecule has 2 aromatic rings. The lowest BCUT2D eigenvalue weighted by Gasteiger charge is -2.17. The summed E-state index contributed by atoms with van der Waals surface area (Å²) in [5.74, 6) is -0.247. The predicted molar refractivity (Wildman–Crippen MR) is 95.7 cm³/mol. The summed E-state index contributed by atoms with van der Waals surface area (Å²) in [5, 5.41) is 2.94. The van der Waals surface area contributed by atoms with Gasteiger partial charge < -0.3 is 10.2 Å². The fraction of sp³-hybridized carbons (Fsp3) is 0.350. The first-order valence-electron chi connectivity index (χ1n) is 8.62. The van der Waals surface area contributed by atoms with Gasteiger partial charge in [-0.2, -0.15) is 0 Å². The van der Waals surface area contributed by atoms with Gasteiger partial charge in [0.2, 0.25) is 11.8 Å².